The highest BCUT2D eigenvalue weighted by molar-refractivity contribution is 5.78. The van der Waals surface area contributed by atoms with Crippen LogP contribution in [0.3, 0.4) is 0 Å². The van der Waals surface area contributed by atoms with Crippen molar-refractivity contribution in [3.05, 3.63) is 23.7 Å². The van der Waals surface area contributed by atoms with E-state index in [4.69, 9.17) is 4.42 Å². The number of carbonyl (C=O) groups is 1. The van der Waals surface area contributed by atoms with Gasteiger partial charge in [-0.1, -0.05) is 6.92 Å². The van der Waals surface area contributed by atoms with Gasteiger partial charge in [0.25, 0.3) is 0 Å². The van der Waals surface area contributed by atoms with Crippen molar-refractivity contribution in [1.29, 1.82) is 0 Å². The van der Waals surface area contributed by atoms with Crippen molar-refractivity contribution in [3.8, 4) is 0 Å². The summed E-state index contributed by atoms with van der Waals surface area (Å²) in [5.74, 6) is 3.72. The SMILES string of the molecule is C[C@H]1C[C@H]1c1ccc(CN(CC(=O)NC2CC2)C2CC2)o1. The van der Waals surface area contributed by atoms with Crippen LogP contribution >= 0.6 is 0 Å². The van der Waals surface area contributed by atoms with Gasteiger partial charge in [0.2, 0.25) is 5.91 Å². The molecule has 4 nitrogen and oxygen atoms in total. The Bertz CT molecular complexity index is 531. The smallest absolute Gasteiger partial charge is 0.234 e. The molecule has 3 aliphatic carbocycles. The number of hydrogen-bond acceptors (Lipinski definition) is 3. The lowest BCUT2D eigenvalue weighted by atomic mass is 10.3. The van der Waals surface area contributed by atoms with E-state index in [0.717, 1.165) is 36.8 Å². The Kier molecular flexibility index (Phi) is 3.29. The van der Waals surface area contributed by atoms with E-state index in [1.54, 1.807) is 0 Å². The number of amides is 1. The molecule has 3 aliphatic rings. The standard InChI is InChI=1S/C17H24N2O2/c1-11-8-15(11)16-7-6-14(21-16)9-19(13-4-5-13)10-17(20)18-12-2-3-12/h6-7,11-13,15H,2-5,8-10H2,1H3,(H,18,20)/t11-,15+/m0/s1. The molecule has 0 spiro atoms. The molecule has 2 atom stereocenters. The summed E-state index contributed by atoms with van der Waals surface area (Å²) in [7, 11) is 0. The van der Waals surface area contributed by atoms with Gasteiger partial charge in [-0.2, -0.15) is 0 Å². The van der Waals surface area contributed by atoms with E-state index in [1.807, 2.05) is 0 Å². The highest BCUT2D eigenvalue weighted by Crippen LogP contribution is 2.47. The Morgan fingerprint density at radius 2 is 2.10 bits per heavy atom. The van der Waals surface area contributed by atoms with Crippen LogP contribution in [0.4, 0.5) is 0 Å². The van der Waals surface area contributed by atoms with Crippen LogP contribution < -0.4 is 5.32 Å². The van der Waals surface area contributed by atoms with E-state index in [0.29, 0.717) is 24.5 Å². The molecule has 114 valence electrons. The number of nitrogens with one attached hydrogen (secondary N) is 1. The molecule has 3 saturated carbocycles. The summed E-state index contributed by atoms with van der Waals surface area (Å²) in [5, 5.41) is 3.08. The van der Waals surface area contributed by atoms with Crippen LogP contribution in [0, 0.1) is 5.92 Å². The molecule has 0 aromatic carbocycles. The van der Waals surface area contributed by atoms with Crippen LogP contribution in [-0.4, -0.2) is 29.4 Å². The van der Waals surface area contributed by atoms with Crippen molar-refractivity contribution in [2.45, 2.75) is 63.6 Å². The van der Waals surface area contributed by atoms with Crippen LogP contribution in [0.5, 0.6) is 0 Å². The molecule has 4 heteroatoms. The second-order valence-corrected chi connectivity index (χ2v) is 7.10. The first-order valence-corrected chi connectivity index (χ1v) is 8.31. The van der Waals surface area contributed by atoms with Gasteiger partial charge in [0.15, 0.2) is 0 Å². The number of furan rings is 1. The summed E-state index contributed by atoms with van der Waals surface area (Å²) in [6, 6.07) is 5.24. The summed E-state index contributed by atoms with van der Waals surface area (Å²) >= 11 is 0. The first-order valence-electron chi connectivity index (χ1n) is 8.31. The highest BCUT2D eigenvalue weighted by Gasteiger charge is 2.37. The Balaban J connectivity index is 1.35. The fourth-order valence-electron chi connectivity index (χ4n) is 3.04. The summed E-state index contributed by atoms with van der Waals surface area (Å²) in [6.07, 6.45) is 5.98. The van der Waals surface area contributed by atoms with Gasteiger partial charge in [0.05, 0.1) is 13.1 Å². The predicted octanol–water partition coefficient (Wildman–Crippen LogP) is 2.65. The average molecular weight is 288 g/mol. The third-order valence-electron chi connectivity index (χ3n) is 4.87. The quantitative estimate of drug-likeness (QED) is 0.839. The van der Waals surface area contributed by atoms with Crippen molar-refractivity contribution in [1.82, 2.24) is 10.2 Å². The lowest BCUT2D eigenvalue weighted by Crippen LogP contribution is -2.38. The maximum Gasteiger partial charge on any atom is 0.234 e. The summed E-state index contributed by atoms with van der Waals surface area (Å²) in [5.41, 5.74) is 0. The fraction of sp³-hybridized carbons (Fsp3) is 0.706. The maximum absolute atomic E-state index is 12.0. The van der Waals surface area contributed by atoms with E-state index in [-0.39, 0.29) is 5.91 Å². The van der Waals surface area contributed by atoms with Crippen molar-refractivity contribution in [2.75, 3.05) is 6.54 Å². The highest BCUT2D eigenvalue weighted by atomic mass is 16.3. The number of carbonyl (C=O) groups excluding carboxylic acids is 1. The molecule has 1 amide bonds. The van der Waals surface area contributed by atoms with Gasteiger partial charge >= 0.3 is 0 Å². The molecule has 0 saturated heterocycles. The van der Waals surface area contributed by atoms with E-state index in [2.05, 4.69) is 29.3 Å². The molecule has 0 radical (unpaired) electrons. The zero-order chi connectivity index (χ0) is 14.4. The monoisotopic (exact) mass is 288 g/mol. The van der Waals surface area contributed by atoms with Gasteiger partial charge < -0.3 is 9.73 Å². The Morgan fingerprint density at radius 1 is 1.33 bits per heavy atom. The lowest BCUT2D eigenvalue weighted by Gasteiger charge is -2.20. The second-order valence-electron chi connectivity index (χ2n) is 7.10. The topological polar surface area (TPSA) is 45.5 Å². The molecule has 1 aromatic rings. The minimum atomic E-state index is 0.173. The van der Waals surface area contributed by atoms with Crippen LogP contribution in [0.2, 0.25) is 0 Å². The normalized spacial score (nSPS) is 27.9. The number of nitrogens with zero attached hydrogens (tertiary/aromatic N) is 1. The van der Waals surface area contributed by atoms with Gasteiger partial charge in [0.1, 0.15) is 11.5 Å². The largest absolute Gasteiger partial charge is 0.464 e. The summed E-state index contributed by atoms with van der Waals surface area (Å²) < 4.78 is 5.99. The first-order chi connectivity index (χ1) is 10.2. The molecule has 0 aliphatic heterocycles. The fourth-order valence-corrected chi connectivity index (χ4v) is 3.04. The average Bonchev–Trinajstić information content (AvgIpc) is 3.29. The third-order valence-corrected chi connectivity index (χ3v) is 4.87. The van der Waals surface area contributed by atoms with Crippen LogP contribution in [0.25, 0.3) is 0 Å². The van der Waals surface area contributed by atoms with Gasteiger partial charge in [-0.15, -0.1) is 0 Å². The maximum atomic E-state index is 12.0. The van der Waals surface area contributed by atoms with Gasteiger partial charge in [0, 0.05) is 18.0 Å². The van der Waals surface area contributed by atoms with E-state index >= 15 is 0 Å². The first kappa shape index (κ1) is 13.4. The zero-order valence-electron chi connectivity index (χ0n) is 12.7. The minimum Gasteiger partial charge on any atom is -0.464 e. The van der Waals surface area contributed by atoms with E-state index in [9.17, 15) is 4.79 Å². The van der Waals surface area contributed by atoms with Crippen molar-refractivity contribution >= 4 is 5.91 Å². The van der Waals surface area contributed by atoms with Crippen LogP contribution in [-0.2, 0) is 11.3 Å². The number of hydrogen-bond donors (Lipinski definition) is 1. The van der Waals surface area contributed by atoms with Crippen LogP contribution in [0.15, 0.2) is 16.5 Å². The summed E-state index contributed by atoms with van der Waals surface area (Å²) in [6.45, 7) is 3.55. The predicted molar refractivity (Wildman–Crippen MR) is 79.8 cm³/mol. The molecule has 1 aromatic heterocycles. The molecular weight excluding hydrogens is 264 g/mol. The Hall–Kier alpha value is -1.29. The van der Waals surface area contributed by atoms with E-state index in [1.165, 1.54) is 19.3 Å². The Labute approximate surface area is 125 Å². The van der Waals surface area contributed by atoms with Crippen molar-refractivity contribution in [3.63, 3.8) is 0 Å². The van der Waals surface area contributed by atoms with Crippen molar-refractivity contribution < 1.29 is 9.21 Å². The molecule has 3 fully saturated rings. The summed E-state index contributed by atoms with van der Waals surface area (Å²) in [4.78, 5) is 14.3. The lowest BCUT2D eigenvalue weighted by molar-refractivity contribution is -0.122. The number of rotatable bonds is 7. The van der Waals surface area contributed by atoms with Gasteiger partial charge in [-0.05, 0) is 50.2 Å². The second kappa shape index (κ2) is 5.16. The molecule has 1 N–H and O–H groups in total. The third kappa shape index (κ3) is 3.31. The molecule has 21 heavy (non-hydrogen) atoms. The van der Waals surface area contributed by atoms with Crippen molar-refractivity contribution in [2.24, 2.45) is 5.92 Å². The van der Waals surface area contributed by atoms with Crippen LogP contribution in [0.1, 0.15) is 56.5 Å². The molecule has 0 unspecified atom stereocenters. The molecular formula is C17H24N2O2. The molecule has 4 rings (SSSR count). The molecule has 0 bridgehead atoms. The molecule has 1 heterocycles. The van der Waals surface area contributed by atoms with Gasteiger partial charge in [-0.3, -0.25) is 9.69 Å². The Morgan fingerprint density at radius 3 is 2.71 bits per heavy atom. The van der Waals surface area contributed by atoms with E-state index < -0.39 is 0 Å². The zero-order valence-corrected chi connectivity index (χ0v) is 12.7. The minimum absolute atomic E-state index is 0.173. The van der Waals surface area contributed by atoms with Gasteiger partial charge in [-0.25, -0.2) is 0 Å².